The zero-order valence-corrected chi connectivity index (χ0v) is 18.1. The number of nitrogens with zero attached hydrogens (tertiary/aromatic N) is 1. The van der Waals surface area contributed by atoms with Crippen molar-refractivity contribution in [3.8, 4) is 5.75 Å². The van der Waals surface area contributed by atoms with E-state index in [1.807, 2.05) is 0 Å². The van der Waals surface area contributed by atoms with E-state index >= 15 is 0 Å². The lowest BCUT2D eigenvalue weighted by atomic mass is 9.77. The molecule has 3 atom stereocenters. The number of amides is 2. The van der Waals surface area contributed by atoms with Crippen LogP contribution >= 0.6 is 0 Å². The molecule has 3 aliphatic rings. The smallest absolute Gasteiger partial charge is 0.241 e. The van der Waals surface area contributed by atoms with Gasteiger partial charge in [-0.15, -0.1) is 0 Å². The molecule has 2 saturated heterocycles. The maximum absolute atomic E-state index is 13.8. The molecule has 168 valence electrons. The molecular formula is C27H19NO6. The number of rotatable bonds is 3. The van der Waals surface area contributed by atoms with Crippen molar-refractivity contribution in [1.29, 1.82) is 0 Å². The fourth-order valence-corrected chi connectivity index (χ4v) is 5.44. The van der Waals surface area contributed by atoms with Crippen molar-refractivity contribution < 1.29 is 28.7 Å². The predicted molar refractivity (Wildman–Crippen MR) is 121 cm³/mol. The van der Waals surface area contributed by atoms with Gasteiger partial charge in [-0.3, -0.25) is 19.2 Å². The van der Waals surface area contributed by atoms with Crippen LogP contribution in [0.5, 0.6) is 5.75 Å². The Balaban J connectivity index is 1.53. The van der Waals surface area contributed by atoms with E-state index in [0.717, 1.165) is 4.90 Å². The van der Waals surface area contributed by atoms with E-state index in [-0.39, 0.29) is 11.1 Å². The molecule has 2 amide bonds. The normalized spacial score (nSPS) is 24.6. The molecule has 7 nitrogen and oxygen atoms in total. The van der Waals surface area contributed by atoms with Crippen molar-refractivity contribution >= 4 is 29.1 Å². The van der Waals surface area contributed by atoms with Crippen molar-refractivity contribution in [2.45, 2.75) is 11.7 Å². The van der Waals surface area contributed by atoms with Crippen LogP contribution in [-0.4, -0.2) is 36.1 Å². The van der Waals surface area contributed by atoms with Gasteiger partial charge in [-0.25, -0.2) is 4.90 Å². The van der Waals surface area contributed by atoms with Crippen molar-refractivity contribution in [3.05, 3.63) is 95.6 Å². The first-order valence-corrected chi connectivity index (χ1v) is 10.9. The van der Waals surface area contributed by atoms with Crippen molar-refractivity contribution in [1.82, 2.24) is 0 Å². The molecule has 0 unspecified atom stereocenters. The number of carbonyl (C=O) groups excluding carboxylic acids is 4. The summed E-state index contributed by atoms with van der Waals surface area (Å²) in [5.41, 5.74) is -0.679. The quantitative estimate of drug-likeness (QED) is 0.446. The van der Waals surface area contributed by atoms with Gasteiger partial charge in [-0.05, 0) is 29.8 Å². The number of Topliss-reactive ketones (excluding diaryl/α,β-unsaturated/α-hetero) is 2. The molecule has 1 aliphatic carbocycles. The van der Waals surface area contributed by atoms with Crippen LogP contribution in [-0.2, 0) is 14.3 Å². The first-order valence-electron chi connectivity index (χ1n) is 10.9. The van der Waals surface area contributed by atoms with Crippen LogP contribution in [0.25, 0.3) is 0 Å². The SMILES string of the molecule is COc1ccc([C@@H]2OC3(C(=O)c4ccccc4C3=O)[C@@H]3C(=O)N(c4ccccc4)C(=O)[C@H]32)cc1. The fraction of sp³-hybridized carbons (Fsp3) is 0.185. The van der Waals surface area contributed by atoms with Crippen LogP contribution in [0, 0.1) is 11.8 Å². The molecule has 0 N–H and O–H groups in total. The molecule has 0 radical (unpaired) electrons. The maximum atomic E-state index is 13.8. The largest absolute Gasteiger partial charge is 0.497 e. The molecule has 34 heavy (non-hydrogen) atoms. The molecule has 6 rings (SSSR count). The summed E-state index contributed by atoms with van der Waals surface area (Å²) in [6.07, 6.45) is -0.955. The van der Waals surface area contributed by atoms with Crippen LogP contribution in [0.3, 0.4) is 0 Å². The highest BCUT2D eigenvalue weighted by atomic mass is 16.5. The molecule has 0 aromatic heterocycles. The summed E-state index contributed by atoms with van der Waals surface area (Å²) in [5, 5.41) is 0. The minimum absolute atomic E-state index is 0.208. The van der Waals surface area contributed by atoms with E-state index in [1.165, 1.54) is 7.11 Å². The number of methoxy groups -OCH3 is 1. The molecule has 0 saturated carbocycles. The molecule has 2 heterocycles. The Bertz CT molecular complexity index is 1330. The van der Waals surface area contributed by atoms with Gasteiger partial charge in [-0.2, -0.15) is 0 Å². The van der Waals surface area contributed by atoms with Gasteiger partial charge in [-0.1, -0.05) is 54.6 Å². The highest BCUT2D eigenvalue weighted by Crippen LogP contribution is 2.57. The zero-order chi connectivity index (χ0) is 23.6. The van der Waals surface area contributed by atoms with E-state index in [1.54, 1.807) is 78.9 Å². The fourth-order valence-electron chi connectivity index (χ4n) is 5.44. The van der Waals surface area contributed by atoms with Crippen molar-refractivity contribution in [3.63, 3.8) is 0 Å². The summed E-state index contributed by atoms with van der Waals surface area (Å²) in [6, 6.07) is 21.8. The monoisotopic (exact) mass is 453 g/mol. The van der Waals surface area contributed by atoms with Gasteiger partial charge in [0.15, 0.2) is 0 Å². The molecule has 3 aromatic carbocycles. The minimum atomic E-state index is -2.07. The number of ketones is 2. The van der Waals surface area contributed by atoms with Gasteiger partial charge >= 0.3 is 0 Å². The van der Waals surface area contributed by atoms with Crippen LogP contribution in [0.2, 0.25) is 0 Å². The molecular weight excluding hydrogens is 434 g/mol. The van der Waals surface area contributed by atoms with Gasteiger partial charge in [0.2, 0.25) is 29.0 Å². The number of carbonyl (C=O) groups is 4. The van der Waals surface area contributed by atoms with Crippen LogP contribution < -0.4 is 9.64 Å². The summed E-state index contributed by atoms with van der Waals surface area (Å²) in [4.78, 5) is 56.0. The lowest BCUT2D eigenvalue weighted by Gasteiger charge is -2.27. The second-order valence-corrected chi connectivity index (χ2v) is 8.60. The average Bonchev–Trinajstić information content (AvgIpc) is 3.44. The molecule has 7 heteroatoms. The predicted octanol–water partition coefficient (Wildman–Crippen LogP) is 3.39. The Morgan fingerprint density at radius 1 is 0.765 bits per heavy atom. The third-order valence-electron chi connectivity index (χ3n) is 6.98. The lowest BCUT2D eigenvalue weighted by Crippen LogP contribution is -2.51. The van der Waals surface area contributed by atoms with Crippen LogP contribution in [0.1, 0.15) is 32.4 Å². The summed E-state index contributed by atoms with van der Waals surface area (Å²) in [6.45, 7) is 0. The Labute approximate surface area is 194 Å². The Morgan fingerprint density at radius 2 is 1.35 bits per heavy atom. The number of benzene rings is 3. The third-order valence-corrected chi connectivity index (χ3v) is 6.98. The molecule has 0 bridgehead atoms. The van der Waals surface area contributed by atoms with Gasteiger partial charge in [0, 0.05) is 11.1 Å². The standard InChI is InChI=1S/C27H19NO6/c1-33-17-13-11-15(12-14-17)22-20-21(26(32)28(25(20)31)16-7-3-2-4-8-16)27(34-22)23(29)18-9-5-6-10-19(18)24(27)30/h2-14,20-22H,1H3/t20-,21+,22+/m1/s1. The first kappa shape index (κ1) is 20.5. The molecule has 2 aliphatic heterocycles. The number of ether oxygens (including phenoxy) is 2. The van der Waals surface area contributed by atoms with E-state index in [0.29, 0.717) is 17.0 Å². The highest BCUT2D eigenvalue weighted by molar-refractivity contribution is 6.37. The van der Waals surface area contributed by atoms with E-state index in [2.05, 4.69) is 0 Å². The van der Waals surface area contributed by atoms with Crippen molar-refractivity contribution in [2.24, 2.45) is 11.8 Å². The van der Waals surface area contributed by atoms with Gasteiger partial charge < -0.3 is 9.47 Å². The second kappa shape index (κ2) is 7.20. The Kier molecular flexibility index (Phi) is 4.34. The third kappa shape index (κ3) is 2.50. The van der Waals surface area contributed by atoms with Crippen molar-refractivity contribution in [2.75, 3.05) is 12.0 Å². The lowest BCUT2D eigenvalue weighted by molar-refractivity contribution is -0.127. The van der Waals surface area contributed by atoms with Gasteiger partial charge in [0.1, 0.15) is 5.75 Å². The number of imide groups is 1. The number of para-hydroxylation sites is 1. The Hall–Kier alpha value is -4.10. The van der Waals surface area contributed by atoms with Crippen LogP contribution in [0.15, 0.2) is 78.9 Å². The number of fused-ring (bicyclic) bond motifs is 3. The number of hydrogen-bond donors (Lipinski definition) is 0. The molecule has 3 aromatic rings. The van der Waals surface area contributed by atoms with E-state index in [9.17, 15) is 19.2 Å². The summed E-state index contributed by atoms with van der Waals surface area (Å²) < 4.78 is 11.5. The summed E-state index contributed by atoms with van der Waals surface area (Å²) in [5.74, 6) is -3.93. The average molecular weight is 453 g/mol. The zero-order valence-electron chi connectivity index (χ0n) is 18.1. The minimum Gasteiger partial charge on any atom is -0.497 e. The Morgan fingerprint density at radius 3 is 1.94 bits per heavy atom. The molecule has 1 spiro atoms. The molecule has 2 fully saturated rings. The van der Waals surface area contributed by atoms with E-state index in [4.69, 9.17) is 9.47 Å². The topological polar surface area (TPSA) is 90.0 Å². The summed E-state index contributed by atoms with van der Waals surface area (Å²) >= 11 is 0. The van der Waals surface area contributed by atoms with Gasteiger partial charge in [0.05, 0.1) is 30.7 Å². The van der Waals surface area contributed by atoms with Gasteiger partial charge in [0.25, 0.3) is 0 Å². The maximum Gasteiger partial charge on any atom is 0.241 e. The van der Waals surface area contributed by atoms with Crippen LogP contribution in [0.4, 0.5) is 5.69 Å². The number of hydrogen-bond acceptors (Lipinski definition) is 6. The van der Waals surface area contributed by atoms with E-state index < -0.39 is 46.9 Å². The first-order chi connectivity index (χ1) is 16.5. The highest BCUT2D eigenvalue weighted by Gasteiger charge is 2.74. The second-order valence-electron chi connectivity index (χ2n) is 8.60. The summed E-state index contributed by atoms with van der Waals surface area (Å²) in [7, 11) is 1.54. The number of anilines is 1.